The van der Waals surface area contributed by atoms with Gasteiger partial charge in [-0.15, -0.1) is 0 Å². The molecule has 0 radical (unpaired) electrons. The molecule has 0 unspecified atom stereocenters. The fraction of sp³-hybridized carbons (Fsp3) is 0.811. The second-order valence-electron chi connectivity index (χ2n) is 29.7. The molecule has 566 valence electrons. The van der Waals surface area contributed by atoms with Gasteiger partial charge in [0, 0.05) is 97.4 Å². The molecule has 0 bridgehead atoms. The van der Waals surface area contributed by atoms with Gasteiger partial charge < -0.3 is 15.1 Å². The predicted octanol–water partition coefficient (Wildman–Crippen LogP) is 25.4. The molecule has 7 heteroatoms. The Labute approximate surface area is 608 Å². The van der Waals surface area contributed by atoms with E-state index in [9.17, 15) is 4.79 Å². The van der Waals surface area contributed by atoms with E-state index in [1.807, 2.05) is 0 Å². The fourth-order valence-electron chi connectivity index (χ4n) is 13.0. The van der Waals surface area contributed by atoms with Crippen molar-refractivity contribution in [2.45, 2.75) is 368 Å². The summed E-state index contributed by atoms with van der Waals surface area (Å²) < 4.78 is 0. The molecule has 7 nitrogen and oxygen atoms in total. The van der Waals surface area contributed by atoms with Crippen LogP contribution in [0.3, 0.4) is 0 Å². The van der Waals surface area contributed by atoms with Crippen LogP contribution in [0.15, 0.2) is 97.2 Å². The highest BCUT2D eigenvalue weighted by Crippen LogP contribution is 2.22. The Morgan fingerprint density at radius 3 is 0.835 bits per heavy atom. The highest BCUT2D eigenvalue weighted by Gasteiger charge is 2.23. The van der Waals surface area contributed by atoms with Crippen LogP contribution in [0.4, 0.5) is 0 Å². The highest BCUT2D eigenvalue weighted by molar-refractivity contribution is 5.78. The zero-order chi connectivity index (χ0) is 70.3. The quantitative estimate of drug-likeness (QED) is 0.0481. The average molecular weight is 1350 g/mol. The Bertz CT molecular complexity index is 1700. The summed E-state index contributed by atoms with van der Waals surface area (Å²) in [5, 5.41) is 3.35. The van der Waals surface area contributed by atoms with Gasteiger partial charge in [-0.2, -0.15) is 0 Å². The Kier molecular flexibility index (Phi) is 78.5. The number of rotatable bonds is 67. The second-order valence-corrected chi connectivity index (χ2v) is 29.7. The van der Waals surface area contributed by atoms with Crippen LogP contribution in [0.2, 0.25) is 0 Å². The molecule has 0 spiro atoms. The van der Waals surface area contributed by atoms with Crippen molar-refractivity contribution in [3.05, 3.63) is 97.2 Å². The lowest BCUT2D eigenvalue weighted by atomic mass is 9.98. The lowest BCUT2D eigenvalue weighted by molar-refractivity contribution is -0.119. The molecule has 0 atom stereocenters. The third-order valence-electron chi connectivity index (χ3n) is 19.6. The van der Waals surface area contributed by atoms with E-state index in [2.05, 4.69) is 183 Å². The molecule has 0 saturated carbocycles. The van der Waals surface area contributed by atoms with Gasteiger partial charge >= 0.3 is 0 Å². The molecule has 0 amide bonds. The highest BCUT2D eigenvalue weighted by atomic mass is 16.1. The number of nitrogens with one attached hydrogen (secondary N) is 1. The van der Waals surface area contributed by atoms with Crippen LogP contribution in [0.5, 0.6) is 0 Å². The van der Waals surface area contributed by atoms with Crippen LogP contribution in [0.1, 0.15) is 362 Å². The molecule has 2 saturated heterocycles. The van der Waals surface area contributed by atoms with Gasteiger partial charge in [0.2, 0.25) is 0 Å². The summed E-state index contributed by atoms with van der Waals surface area (Å²) in [7, 11) is 8.66. The first-order valence-corrected chi connectivity index (χ1v) is 42.7. The Hall–Kier alpha value is -2.65. The third kappa shape index (κ3) is 75.8. The van der Waals surface area contributed by atoms with Gasteiger partial charge in [-0.1, -0.05) is 292 Å². The van der Waals surface area contributed by atoms with Gasteiger partial charge in [0.1, 0.15) is 5.78 Å². The summed E-state index contributed by atoms with van der Waals surface area (Å²) in [6.45, 7) is 23.7. The maximum Gasteiger partial charge on any atom is 0.132 e. The summed E-state index contributed by atoms with van der Waals surface area (Å²) in [6, 6.07) is 0.817. The van der Waals surface area contributed by atoms with E-state index >= 15 is 0 Å². The van der Waals surface area contributed by atoms with Gasteiger partial charge in [-0.25, -0.2) is 0 Å². The number of piperazine rings is 2. The number of likely N-dealkylation sites (N-methyl/N-ethyl adjacent to an activating group) is 2. The van der Waals surface area contributed by atoms with Crippen molar-refractivity contribution in [3.8, 4) is 0 Å². The predicted molar refractivity (Wildman–Crippen MR) is 439 cm³/mol. The molecule has 2 aliphatic heterocycles. The van der Waals surface area contributed by atoms with Gasteiger partial charge in [-0.3, -0.25) is 19.5 Å². The van der Waals surface area contributed by atoms with Gasteiger partial charge in [-0.05, 0) is 182 Å². The van der Waals surface area contributed by atoms with Gasteiger partial charge in [0.15, 0.2) is 0 Å². The van der Waals surface area contributed by atoms with Crippen LogP contribution < -0.4 is 5.32 Å². The minimum absolute atomic E-state index is 0.499. The molecule has 0 aromatic rings. The maximum absolute atomic E-state index is 12.1. The van der Waals surface area contributed by atoms with Gasteiger partial charge in [0.25, 0.3) is 0 Å². The number of nitrogens with zero attached hydrogens (tertiary/aromatic N) is 5. The summed E-state index contributed by atoms with van der Waals surface area (Å²) in [4.78, 5) is 24.8. The molecule has 1 N–H and O–H groups in total. The van der Waals surface area contributed by atoms with Crippen LogP contribution in [0, 0.1) is 0 Å². The summed E-state index contributed by atoms with van der Waals surface area (Å²) >= 11 is 0. The first kappa shape index (κ1) is 94.3. The van der Waals surface area contributed by atoms with E-state index in [1.165, 1.54) is 348 Å². The third-order valence-corrected chi connectivity index (χ3v) is 19.6. The van der Waals surface area contributed by atoms with Crippen molar-refractivity contribution in [3.63, 3.8) is 0 Å². The zero-order valence-electron chi connectivity index (χ0n) is 66.7. The number of allylic oxidation sites excluding steroid dienone is 16. The first-order chi connectivity index (χ1) is 47.8. The van der Waals surface area contributed by atoms with Crippen molar-refractivity contribution in [1.29, 1.82) is 0 Å². The molecular weight excluding hydrogens is 1180 g/mol. The van der Waals surface area contributed by atoms with Crippen LogP contribution >= 0.6 is 0 Å². The molecule has 2 rings (SSSR count). The van der Waals surface area contributed by atoms with Crippen molar-refractivity contribution < 1.29 is 4.79 Å². The fourth-order valence-corrected chi connectivity index (χ4v) is 13.0. The van der Waals surface area contributed by atoms with Gasteiger partial charge in [0.05, 0.1) is 0 Å². The number of unbranched alkanes of at least 4 members (excludes halogenated alkanes) is 36. The first-order valence-electron chi connectivity index (χ1n) is 42.7. The van der Waals surface area contributed by atoms with Crippen LogP contribution in [-0.2, 0) is 4.79 Å². The lowest BCUT2D eigenvalue weighted by Crippen LogP contribution is -2.51. The monoisotopic (exact) mass is 1350 g/mol. The number of Topliss-reactive ketones (excluding diaryl/α,β-unsaturated/α-hetero) is 1. The summed E-state index contributed by atoms with van der Waals surface area (Å²) in [6.07, 6.45) is 105. The number of carbonyl (C=O) groups excluding carboxylic acids is 1. The van der Waals surface area contributed by atoms with E-state index in [4.69, 9.17) is 0 Å². The minimum Gasteiger partial charge on any atom is -0.314 e. The Morgan fingerprint density at radius 2 is 0.557 bits per heavy atom. The summed E-state index contributed by atoms with van der Waals surface area (Å²) in [5.74, 6) is 0.499. The normalized spacial score (nSPS) is 14.8. The molecule has 0 aliphatic carbocycles. The van der Waals surface area contributed by atoms with Crippen molar-refractivity contribution in [2.75, 3.05) is 107 Å². The smallest absolute Gasteiger partial charge is 0.132 e. The largest absolute Gasteiger partial charge is 0.314 e. The Morgan fingerprint density at radius 1 is 0.309 bits per heavy atom. The number of hydrogen-bond acceptors (Lipinski definition) is 7. The Balaban J connectivity index is 0.00000167. The molecular formula is C90H170N6O. The van der Waals surface area contributed by atoms with Crippen molar-refractivity contribution >= 4 is 5.78 Å². The molecule has 2 heterocycles. The molecule has 0 aromatic heterocycles. The van der Waals surface area contributed by atoms with E-state index in [-0.39, 0.29) is 0 Å². The lowest BCUT2D eigenvalue weighted by Gasteiger charge is -2.40. The van der Waals surface area contributed by atoms with Crippen LogP contribution in [-0.4, -0.2) is 143 Å². The molecule has 2 fully saturated rings. The second kappa shape index (κ2) is 80.7. The number of hydrogen-bond donors (Lipinski definition) is 1. The molecule has 0 aromatic carbocycles. The SMILES string of the molecule is CCCCC/C=C\C/C=C\CCCCCCCCC(=O)CCCCCCCC/C=C\C/C=C\CCCCC.CCCCC/C=C\C/C=C\CCCCCCCCC(CCCCCCCC/C=C\C/C=C\CCCCC)N1CCN(CCN(C)C)CC1.CN(C)CCN1CCNCC1. The minimum atomic E-state index is 0.499. The maximum atomic E-state index is 12.1. The average Bonchev–Trinajstić information content (AvgIpc) is 1.20. The number of carbonyl (C=O) groups is 1. The van der Waals surface area contributed by atoms with E-state index < -0.39 is 0 Å². The van der Waals surface area contributed by atoms with Crippen molar-refractivity contribution in [1.82, 2.24) is 29.8 Å². The zero-order valence-corrected chi connectivity index (χ0v) is 66.7. The summed E-state index contributed by atoms with van der Waals surface area (Å²) in [5.41, 5.74) is 0. The van der Waals surface area contributed by atoms with E-state index in [0.717, 1.165) is 70.5 Å². The van der Waals surface area contributed by atoms with E-state index in [1.54, 1.807) is 0 Å². The van der Waals surface area contributed by atoms with Crippen molar-refractivity contribution in [2.24, 2.45) is 0 Å². The van der Waals surface area contributed by atoms with Crippen LogP contribution in [0.25, 0.3) is 0 Å². The topological polar surface area (TPSA) is 45.3 Å². The molecule has 2 aliphatic rings. The number of ketones is 1. The van der Waals surface area contributed by atoms with E-state index in [0.29, 0.717) is 5.78 Å². The standard InChI is InChI=1S/C45H85N3.C37H66O.C8H19N3/c1-5-7-9-11-13-15-17-19-21-23-25-27-29-31-33-35-37-45(48-43-41-47(42-44-48)40-39-46(3)4)38-36-34-32-30-28-26-24-22-20-18-16-14-12-10-8-6-2;1-3-5-7-9-11-13-15-17-19-21-23-25-27-29-31-33-35-37(38)36-34-32-30-28-26-24-22-20-18-16-14-12-10-8-6-4-2;1-10(2)7-8-11-5-3-9-4-6-11/h13-16,19-22,45H,5-12,17-18,23-44H2,1-4H3;11-14,17-20H,3-10,15-16,21-36H2,1-2H3;9H,3-8H2,1-2H3/b15-13-,16-14-,21-19-,22-20-;13-11-,14-12-,19-17-,20-18-;. The molecule has 97 heavy (non-hydrogen) atoms.